The summed E-state index contributed by atoms with van der Waals surface area (Å²) in [6.45, 7) is 3.36. The lowest BCUT2D eigenvalue weighted by molar-refractivity contribution is 0.576. The molecule has 126 valence electrons. The van der Waals surface area contributed by atoms with E-state index in [0.717, 1.165) is 18.2 Å². The standard InChI is InChI=1S/C12H20FN3O4S2/c1-9(2)21(17,18)16-12-5-4-10(8-11(12)13)22(19,20)15-7-3-6-14/h4-5,8-9,15-16H,3,6-7,14H2,1-2H3. The van der Waals surface area contributed by atoms with E-state index in [9.17, 15) is 21.2 Å². The van der Waals surface area contributed by atoms with Crippen LogP contribution in [0.25, 0.3) is 0 Å². The van der Waals surface area contributed by atoms with Crippen molar-refractivity contribution in [3.8, 4) is 0 Å². The first-order chi connectivity index (χ1) is 10.1. The van der Waals surface area contributed by atoms with Crippen LogP contribution in [0.4, 0.5) is 10.1 Å². The van der Waals surface area contributed by atoms with Gasteiger partial charge in [-0.1, -0.05) is 0 Å². The molecule has 0 fully saturated rings. The number of nitrogens with two attached hydrogens (primary N) is 1. The van der Waals surface area contributed by atoms with Crippen molar-refractivity contribution in [2.75, 3.05) is 17.8 Å². The lowest BCUT2D eigenvalue weighted by atomic mass is 10.3. The van der Waals surface area contributed by atoms with Gasteiger partial charge >= 0.3 is 0 Å². The molecule has 0 spiro atoms. The summed E-state index contributed by atoms with van der Waals surface area (Å²) in [4.78, 5) is -0.283. The zero-order valence-corrected chi connectivity index (χ0v) is 14.0. The first-order valence-corrected chi connectivity index (χ1v) is 9.64. The molecule has 10 heteroatoms. The molecule has 0 radical (unpaired) electrons. The Kier molecular flexibility index (Phi) is 6.29. The maximum atomic E-state index is 13.9. The van der Waals surface area contributed by atoms with Crippen LogP contribution in [0.15, 0.2) is 23.1 Å². The Labute approximate surface area is 130 Å². The summed E-state index contributed by atoms with van der Waals surface area (Å²) >= 11 is 0. The van der Waals surface area contributed by atoms with E-state index in [1.807, 2.05) is 0 Å². The fraction of sp³-hybridized carbons (Fsp3) is 0.500. The lowest BCUT2D eigenvalue weighted by Crippen LogP contribution is -2.26. The van der Waals surface area contributed by atoms with Crippen LogP contribution in [0.1, 0.15) is 20.3 Å². The van der Waals surface area contributed by atoms with Crippen molar-refractivity contribution in [1.82, 2.24) is 4.72 Å². The number of halogens is 1. The van der Waals surface area contributed by atoms with Crippen LogP contribution in [-0.4, -0.2) is 35.2 Å². The molecule has 1 aromatic rings. The maximum absolute atomic E-state index is 13.9. The third-order valence-electron chi connectivity index (χ3n) is 2.80. The molecule has 0 aromatic heterocycles. The molecule has 4 N–H and O–H groups in total. The molecule has 22 heavy (non-hydrogen) atoms. The molecule has 0 bridgehead atoms. The number of benzene rings is 1. The van der Waals surface area contributed by atoms with Crippen molar-refractivity contribution in [2.45, 2.75) is 30.4 Å². The predicted molar refractivity (Wildman–Crippen MR) is 82.9 cm³/mol. The Morgan fingerprint density at radius 2 is 1.86 bits per heavy atom. The van der Waals surface area contributed by atoms with Crippen LogP contribution in [0.5, 0.6) is 0 Å². The van der Waals surface area contributed by atoms with Gasteiger partial charge in [0.25, 0.3) is 0 Å². The van der Waals surface area contributed by atoms with Gasteiger partial charge in [0, 0.05) is 6.54 Å². The molecule has 1 rings (SSSR count). The average molecular weight is 353 g/mol. The summed E-state index contributed by atoms with van der Waals surface area (Å²) in [6.07, 6.45) is 0.452. The van der Waals surface area contributed by atoms with Gasteiger partial charge in [-0.3, -0.25) is 4.72 Å². The molecule has 0 aliphatic heterocycles. The van der Waals surface area contributed by atoms with Gasteiger partial charge in [0.1, 0.15) is 5.82 Å². The summed E-state index contributed by atoms with van der Waals surface area (Å²) < 4.78 is 65.5. The van der Waals surface area contributed by atoms with Crippen molar-refractivity contribution in [2.24, 2.45) is 5.73 Å². The Bertz CT molecular complexity index is 718. The van der Waals surface area contributed by atoms with E-state index in [-0.39, 0.29) is 17.1 Å². The first kappa shape index (κ1) is 18.8. The van der Waals surface area contributed by atoms with E-state index in [4.69, 9.17) is 5.73 Å². The summed E-state index contributed by atoms with van der Waals surface area (Å²) in [7, 11) is -7.56. The van der Waals surface area contributed by atoms with Crippen molar-refractivity contribution >= 4 is 25.7 Å². The minimum Gasteiger partial charge on any atom is -0.330 e. The molecule has 0 amide bonds. The normalized spacial score (nSPS) is 12.6. The lowest BCUT2D eigenvalue weighted by Gasteiger charge is -2.12. The molecule has 0 aliphatic carbocycles. The number of hydrogen-bond acceptors (Lipinski definition) is 5. The topological polar surface area (TPSA) is 118 Å². The zero-order valence-electron chi connectivity index (χ0n) is 12.3. The van der Waals surface area contributed by atoms with Gasteiger partial charge in [0.05, 0.1) is 15.8 Å². The second-order valence-corrected chi connectivity index (χ2v) is 8.88. The summed E-state index contributed by atoms with van der Waals surface area (Å²) in [5.41, 5.74) is 4.97. The highest BCUT2D eigenvalue weighted by atomic mass is 32.2. The SMILES string of the molecule is CC(C)S(=O)(=O)Nc1ccc(S(=O)(=O)NCCCN)cc1F. The maximum Gasteiger partial charge on any atom is 0.240 e. The average Bonchev–Trinajstić information content (AvgIpc) is 2.40. The summed E-state index contributed by atoms with van der Waals surface area (Å²) in [5, 5.41) is -0.742. The summed E-state index contributed by atoms with van der Waals surface area (Å²) in [6, 6.07) is 2.97. The molecule has 0 atom stereocenters. The minimum absolute atomic E-state index is 0.141. The first-order valence-electron chi connectivity index (χ1n) is 6.61. The molecular formula is C12H20FN3O4S2. The van der Waals surface area contributed by atoms with Gasteiger partial charge < -0.3 is 5.73 Å². The highest BCUT2D eigenvalue weighted by Gasteiger charge is 2.20. The quantitative estimate of drug-likeness (QED) is 0.592. The van der Waals surface area contributed by atoms with Crippen LogP contribution in [-0.2, 0) is 20.0 Å². The molecule has 0 heterocycles. The van der Waals surface area contributed by atoms with Crippen molar-refractivity contribution in [3.63, 3.8) is 0 Å². The molecule has 0 saturated heterocycles. The van der Waals surface area contributed by atoms with Crippen LogP contribution < -0.4 is 15.2 Å². The monoisotopic (exact) mass is 353 g/mol. The Morgan fingerprint density at radius 1 is 1.23 bits per heavy atom. The van der Waals surface area contributed by atoms with Crippen LogP contribution in [0.2, 0.25) is 0 Å². The van der Waals surface area contributed by atoms with Crippen LogP contribution in [0.3, 0.4) is 0 Å². The van der Waals surface area contributed by atoms with E-state index >= 15 is 0 Å². The van der Waals surface area contributed by atoms with E-state index in [1.165, 1.54) is 13.8 Å². The van der Waals surface area contributed by atoms with Crippen LogP contribution >= 0.6 is 0 Å². The molecule has 0 unspecified atom stereocenters. The highest BCUT2D eigenvalue weighted by molar-refractivity contribution is 7.93. The fourth-order valence-electron chi connectivity index (χ4n) is 1.41. The number of sulfonamides is 2. The zero-order chi connectivity index (χ0) is 17.0. The largest absolute Gasteiger partial charge is 0.330 e. The number of rotatable bonds is 8. The van der Waals surface area contributed by atoms with Gasteiger partial charge in [-0.15, -0.1) is 0 Å². The van der Waals surface area contributed by atoms with E-state index in [1.54, 1.807) is 0 Å². The summed E-state index contributed by atoms with van der Waals surface area (Å²) in [5.74, 6) is -0.967. The van der Waals surface area contributed by atoms with Gasteiger partial charge in [0.2, 0.25) is 20.0 Å². The minimum atomic E-state index is -3.85. The van der Waals surface area contributed by atoms with Crippen LogP contribution in [0, 0.1) is 5.82 Å². The van der Waals surface area contributed by atoms with E-state index in [0.29, 0.717) is 13.0 Å². The van der Waals surface area contributed by atoms with E-state index in [2.05, 4.69) is 9.44 Å². The smallest absolute Gasteiger partial charge is 0.240 e. The third-order valence-corrected chi connectivity index (χ3v) is 6.00. The second-order valence-electron chi connectivity index (χ2n) is 4.88. The number of anilines is 1. The highest BCUT2D eigenvalue weighted by Crippen LogP contribution is 2.20. The van der Waals surface area contributed by atoms with Gasteiger partial charge in [0.15, 0.2) is 0 Å². The van der Waals surface area contributed by atoms with Crippen molar-refractivity contribution in [1.29, 1.82) is 0 Å². The van der Waals surface area contributed by atoms with Gasteiger partial charge in [-0.05, 0) is 45.0 Å². The Balaban J connectivity index is 2.99. The number of hydrogen-bond donors (Lipinski definition) is 3. The predicted octanol–water partition coefficient (Wildman–Crippen LogP) is 0.603. The number of nitrogens with one attached hydrogen (secondary N) is 2. The molecular weight excluding hydrogens is 333 g/mol. The molecule has 7 nitrogen and oxygen atoms in total. The van der Waals surface area contributed by atoms with Gasteiger partial charge in [-0.2, -0.15) is 0 Å². The van der Waals surface area contributed by atoms with Gasteiger partial charge in [-0.25, -0.2) is 25.9 Å². The fourth-order valence-corrected chi connectivity index (χ4v) is 3.20. The van der Waals surface area contributed by atoms with E-state index < -0.39 is 31.1 Å². The second kappa shape index (κ2) is 7.36. The Hall–Kier alpha value is -1.23. The molecule has 0 saturated carbocycles. The molecule has 0 aliphatic rings. The molecule has 1 aromatic carbocycles. The van der Waals surface area contributed by atoms with Crippen molar-refractivity contribution in [3.05, 3.63) is 24.0 Å². The Morgan fingerprint density at radius 3 is 2.36 bits per heavy atom. The third kappa shape index (κ3) is 4.90. The van der Waals surface area contributed by atoms with Crippen molar-refractivity contribution < 1.29 is 21.2 Å².